The molecule has 2 rings (SSSR count). The largest absolute Gasteiger partial charge is 0.273 e. The number of benzene rings is 2. The van der Waals surface area contributed by atoms with E-state index >= 15 is 0 Å². The molecule has 0 aliphatic heterocycles. The maximum absolute atomic E-state index is 11.8. The molecule has 0 aromatic heterocycles. The summed E-state index contributed by atoms with van der Waals surface area (Å²) in [5.74, 6) is -0.221. The summed E-state index contributed by atoms with van der Waals surface area (Å²) in [6, 6.07) is 15.3. The Labute approximate surface area is 193 Å². The zero-order valence-corrected chi connectivity index (χ0v) is 19.7. The maximum Gasteiger partial charge on any atom is 0.240 e. The quantitative estimate of drug-likeness (QED) is 0.237. The van der Waals surface area contributed by atoms with Gasteiger partial charge in [-0.3, -0.25) is 9.59 Å². The Bertz CT molecular complexity index is 827. The molecule has 0 bridgehead atoms. The third-order valence-electron chi connectivity index (χ3n) is 4.06. The van der Waals surface area contributed by atoms with Crippen LogP contribution < -0.4 is 10.9 Å². The van der Waals surface area contributed by atoms with Gasteiger partial charge in [0.15, 0.2) is 0 Å². The molecule has 0 aliphatic rings. The van der Waals surface area contributed by atoms with E-state index in [0.29, 0.717) is 12.8 Å². The predicted molar refractivity (Wildman–Crippen MR) is 127 cm³/mol. The molecule has 0 aliphatic carbocycles. The van der Waals surface area contributed by atoms with E-state index in [0.717, 1.165) is 45.8 Å². The van der Waals surface area contributed by atoms with Crippen molar-refractivity contribution in [1.82, 2.24) is 10.9 Å². The lowest BCUT2D eigenvalue weighted by molar-refractivity contribution is -0.122. The zero-order valence-electron chi connectivity index (χ0n) is 16.5. The SMILES string of the molecule is O=C(CCCCCCC(=O)N/N=C/c1cccc(Br)c1)N/N=C/c1cccc(Br)c1. The molecule has 2 aromatic carbocycles. The van der Waals surface area contributed by atoms with E-state index in [-0.39, 0.29) is 11.8 Å². The van der Waals surface area contributed by atoms with Crippen molar-refractivity contribution in [2.45, 2.75) is 38.5 Å². The summed E-state index contributed by atoms with van der Waals surface area (Å²) in [5, 5.41) is 7.92. The highest BCUT2D eigenvalue weighted by Crippen LogP contribution is 2.11. The van der Waals surface area contributed by atoms with Crippen molar-refractivity contribution >= 4 is 56.1 Å². The van der Waals surface area contributed by atoms with Gasteiger partial charge in [0.1, 0.15) is 0 Å². The number of carbonyl (C=O) groups is 2. The Morgan fingerprint density at radius 3 is 1.57 bits per heavy atom. The first-order chi connectivity index (χ1) is 14.5. The molecular weight excluding hydrogens is 512 g/mol. The van der Waals surface area contributed by atoms with Crippen molar-refractivity contribution in [2.24, 2.45) is 10.2 Å². The van der Waals surface area contributed by atoms with Crippen LogP contribution in [0, 0.1) is 0 Å². The number of hydrogen-bond donors (Lipinski definition) is 2. The number of nitrogens with zero attached hydrogens (tertiary/aromatic N) is 2. The van der Waals surface area contributed by atoms with Gasteiger partial charge in [0, 0.05) is 21.8 Å². The number of amides is 2. The average Bonchev–Trinajstić information content (AvgIpc) is 2.71. The highest BCUT2D eigenvalue weighted by atomic mass is 79.9. The molecule has 0 spiro atoms. The molecule has 0 radical (unpaired) electrons. The van der Waals surface area contributed by atoms with Crippen molar-refractivity contribution < 1.29 is 9.59 Å². The van der Waals surface area contributed by atoms with E-state index in [9.17, 15) is 9.59 Å². The summed E-state index contributed by atoms with van der Waals surface area (Å²) < 4.78 is 1.92. The zero-order chi connectivity index (χ0) is 21.6. The van der Waals surface area contributed by atoms with Gasteiger partial charge in [-0.05, 0) is 48.2 Å². The Morgan fingerprint density at radius 2 is 1.17 bits per heavy atom. The molecule has 0 heterocycles. The molecule has 0 fully saturated rings. The van der Waals surface area contributed by atoms with Crippen molar-refractivity contribution in [3.05, 3.63) is 68.6 Å². The van der Waals surface area contributed by atoms with Crippen LogP contribution in [-0.4, -0.2) is 24.2 Å². The van der Waals surface area contributed by atoms with Crippen LogP contribution in [0.3, 0.4) is 0 Å². The smallest absolute Gasteiger partial charge is 0.240 e. The summed E-state index contributed by atoms with van der Waals surface area (Å²) >= 11 is 6.78. The molecule has 2 N–H and O–H groups in total. The lowest BCUT2D eigenvalue weighted by Gasteiger charge is -2.02. The second kappa shape index (κ2) is 13.8. The van der Waals surface area contributed by atoms with E-state index in [1.807, 2.05) is 48.5 Å². The number of hydrogen-bond acceptors (Lipinski definition) is 4. The van der Waals surface area contributed by atoms with Crippen molar-refractivity contribution in [3.63, 3.8) is 0 Å². The van der Waals surface area contributed by atoms with Gasteiger partial charge in [0.25, 0.3) is 0 Å². The van der Waals surface area contributed by atoms with Gasteiger partial charge >= 0.3 is 0 Å². The van der Waals surface area contributed by atoms with Gasteiger partial charge in [-0.25, -0.2) is 10.9 Å². The van der Waals surface area contributed by atoms with Crippen LogP contribution >= 0.6 is 31.9 Å². The first kappa shape index (κ1) is 24.0. The second-order valence-electron chi connectivity index (χ2n) is 6.61. The number of rotatable bonds is 11. The Kier molecular flexibility index (Phi) is 11.0. The summed E-state index contributed by atoms with van der Waals surface area (Å²) in [6.45, 7) is 0. The highest BCUT2D eigenvalue weighted by molar-refractivity contribution is 9.10. The van der Waals surface area contributed by atoms with Gasteiger partial charge in [-0.1, -0.05) is 69.0 Å². The highest BCUT2D eigenvalue weighted by Gasteiger charge is 2.02. The van der Waals surface area contributed by atoms with Crippen molar-refractivity contribution in [3.8, 4) is 0 Å². The lowest BCUT2D eigenvalue weighted by Crippen LogP contribution is -2.17. The van der Waals surface area contributed by atoms with Gasteiger partial charge in [-0.15, -0.1) is 0 Å². The summed E-state index contributed by atoms with van der Waals surface area (Å²) in [6.07, 6.45) is 7.36. The molecule has 2 aromatic rings. The molecule has 0 unspecified atom stereocenters. The number of halogens is 2. The van der Waals surface area contributed by atoms with E-state index in [1.165, 1.54) is 0 Å². The third kappa shape index (κ3) is 10.5. The first-order valence-electron chi connectivity index (χ1n) is 9.68. The standard InChI is InChI=1S/C22H24Br2N4O2/c23-19-9-5-7-17(13-19)15-25-27-21(29)11-3-1-2-4-12-22(30)28-26-16-18-8-6-10-20(24)14-18/h5-10,13-16H,1-4,11-12H2,(H,27,29)(H,28,30)/b25-15+,26-16+. The number of carbonyl (C=O) groups excluding carboxylic acids is 2. The van der Waals surface area contributed by atoms with Crippen LogP contribution in [0.1, 0.15) is 49.7 Å². The van der Waals surface area contributed by atoms with E-state index in [4.69, 9.17) is 0 Å². The molecule has 0 saturated heterocycles. The van der Waals surface area contributed by atoms with Crippen molar-refractivity contribution in [1.29, 1.82) is 0 Å². The fourth-order valence-electron chi connectivity index (χ4n) is 2.57. The maximum atomic E-state index is 11.8. The summed E-state index contributed by atoms with van der Waals surface area (Å²) in [7, 11) is 0. The molecule has 2 amide bonds. The number of nitrogens with one attached hydrogen (secondary N) is 2. The molecule has 158 valence electrons. The minimum absolute atomic E-state index is 0.110. The number of hydrazone groups is 2. The van der Waals surface area contributed by atoms with E-state index in [1.54, 1.807) is 12.4 Å². The van der Waals surface area contributed by atoms with Gasteiger partial charge in [0.05, 0.1) is 12.4 Å². The summed E-state index contributed by atoms with van der Waals surface area (Å²) in [4.78, 5) is 23.6. The van der Waals surface area contributed by atoms with Gasteiger partial charge < -0.3 is 0 Å². The third-order valence-corrected chi connectivity index (χ3v) is 5.05. The Balaban J connectivity index is 1.50. The molecular formula is C22H24Br2N4O2. The molecule has 8 heteroatoms. The molecule has 0 saturated carbocycles. The van der Waals surface area contributed by atoms with Crippen LogP contribution in [0.15, 0.2) is 67.7 Å². The predicted octanol–water partition coefficient (Wildman–Crippen LogP) is 5.15. The molecule has 6 nitrogen and oxygen atoms in total. The fourth-order valence-corrected chi connectivity index (χ4v) is 3.40. The minimum atomic E-state index is -0.110. The second-order valence-corrected chi connectivity index (χ2v) is 8.44. The number of unbranched alkanes of at least 4 members (excludes halogenated alkanes) is 3. The van der Waals surface area contributed by atoms with Crippen LogP contribution in [-0.2, 0) is 9.59 Å². The lowest BCUT2D eigenvalue weighted by atomic mass is 10.1. The minimum Gasteiger partial charge on any atom is -0.273 e. The van der Waals surface area contributed by atoms with Crippen LogP contribution in [0.5, 0.6) is 0 Å². The van der Waals surface area contributed by atoms with Crippen LogP contribution in [0.2, 0.25) is 0 Å². The Morgan fingerprint density at radius 1 is 0.733 bits per heavy atom. The van der Waals surface area contributed by atoms with E-state index < -0.39 is 0 Å². The average molecular weight is 536 g/mol. The van der Waals surface area contributed by atoms with E-state index in [2.05, 4.69) is 52.9 Å². The van der Waals surface area contributed by atoms with Crippen molar-refractivity contribution in [2.75, 3.05) is 0 Å². The van der Waals surface area contributed by atoms with Gasteiger partial charge in [0.2, 0.25) is 11.8 Å². The van der Waals surface area contributed by atoms with Crippen LogP contribution in [0.25, 0.3) is 0 Å². The fraction of sp³-hybridized carbons (Fsp3) is 0.273. The molecule has 30 heavy (non-hydrogen) atoms. The monoisotopic (exact) mass is 534 g/mol. The summed E-state index contributed by atoms with van der Waals surface area (Å²) in [5.41, 5.74) is 6.88. The van der Waals surface area contributed by atoms with Crippen LogP contribution in [0.4, 0.5) is 0 Å². The normalized spacial score (nSPS) is 11.1. The first-order valence-corrected chi connectivity index (χ1v) is 11.3. The topological polar surface area (TPSA) is 82.9 Å². The molecule has 0 atom stereocenters. The Hall–Kier alpha value is -2.32. The van der Waals surface area contributed by atoms with Gasteiger partial charge in [-0.2, -0.15) is 10.2 Å².